The summed E-state index contributed by atoms with van der Waals surface area (Å²) in [7, 11) is 1.32. The van der Waals surface area contributed by atoms with E-state index in [1.54, 1.807) is 18.3 Å². The van der Waals surface area contributed by atoms with Gasteiger partial charge >= 0.3 is 5.97 Å². The maximum absolute atomic E-state index is 14.3. The smallest absolute Gasteiger partial charge is 0.356 e. The fraction of sp³-hybridized carbons (Fsp3) is 0.278. The maximum Gasteiger partial charge on any atom is 0.356 e. The molecule has 1 aliphatic carbocycles. The Morgan fingerprint density at radius 3 is 2.75 bits per heavy atom. The van der Waals surface area contributed by atoms with Crippen molar-refractivity contribution in [2.24, 2.45) is 0 Å². The number of imidazole rings is 1. The van der Waals surface area contributed by atoms with Crippen molar-refractivity contribution < 1.29 is 13.9 Å². The Hall–Kier alpha value is -2.76. The van der Waals surface area contributed by atoms with Crippen LogP contribution in [0, 0.1) is 12.7 Å². The summed E-state index contributed by atoms with van der Waals surface area (Å²) in [5.41, 5.74) is 2.97. The quantitative estimate of drug-likeness (QED) is 0.692. The van der Waals surface area contributed by atoms with Crippen LogP contribution in [0.2, 0.25) is 0 Å². The zero-order valence-electron chi connectivity index (χ0n) is 13.4. The molecule has 0 bridgehead atoms. The van der Waals surface area contributed by atoms with Crippen LogP contribution in [0.1, 0.15) is 40.5 Å². The largest absolute Gasteiger partial charge is 0.464 e. The monoisotopic (exact) mass is 325 g/mol. The molecule has 122 valence electrons. The van der Waals surface area contributed by atoms with Gasteiger partial charge in [-0.15, -0.1) is 0 Å². The molecule has 24 heavy (non-hydrogen) atoms. The second-order valence-corrected chi connectivity index (χ2v) is 6.11. The van der Waals surface area contributed by atoms with Gasteiger partial charge < -0.3 is 4.74 Å². The van der Waals surface area contributed by atoms with E-state index < -0.39 is 5.97 Å². The molecule has 5 nitrogen and oxygen atoms in total. The molecule has 0 aliphatic heterocycles. The van der Waals surface area contributed by atoms with Crippen molar-refractivity contribution in [1.29, 1.82) is 0 Å². The number of halogens is 1. The lowest BCUT2D eigenvalue weighted by atomic mass is 10.1. The van der Waals surface area contributed by atoms with Gasteiger partial charge in [0.25, 0.3) is 0 Å². The van der Waals surface area contributed by atoms with E-state index in [0.29, 0.717) is 23.0 Å². The lowest BCUT2D eigenvalue weighted by Crippen LogP contribution is -2.08. The van der Waals surface area contributed by atoms with Crippen molar-refractivity contribution in [3.05, 3.63) is 53.2 Å². The molecule has 1 aliphatic rings. The van der Waals surface area contributed by atoms with Crippen molar-refractivity contribution >= 4 is 11.7 Å². The van der Waals surface area contributed by atoms with Gasteiger partial charge in [0, 0.05) is 17.5 Å². The molecule has 2 heterocycles. The summed E-state index contributed by atoms with van der Waals surface area (Å²) < 4.78 is 20.9. The van der Waals surface area contributed by atoms with Crippen LogP contribution in [0.5, 0.6) is 0 Å². The molecule has 1 fully saturated rings. The van der Waals surface area contributed by atoms with E-state index in [1.807, 2.05) is 17.4 Å². The minimum absolute atomic E-state index is 0.230. The van der Waals surface area contributed by atoms with Crippen molar-refractivity contribution in [2.45, 2.75) is 25.7 Å². The van der Waals surface area contributed by atoms with E-state index >= 15 is 0 Å². The molecule has 1 aromatic carbocycles. The van der Waals surface area contributed by atoms with Crippen LogP contribution >= 0.6 is 0 Å². The van der Waals surface area contributed by atoms with E-state index in [0.717, 1.165) is 24.1 Å². The number of aromatic nitrogens is 3. The number of carbonyl (C=O) groups is 1. The molecule has 6 heteroatoms. The number of esters is 1. The molecular formula is C18H16FN3O2. The third-order valence-electron chi connectivity index (χ3n) is 4.26. The van der Waals surface area contributed by atoms with Crippen molar-refractivity contribution in [2.75, 3.05) is 7.11 Å². The fourth-order valence-electron chi connectivity index (χ4n) is 2.85. The number of carbonyl (C=O) groups excluding carboxylic acids is 1. The van der Waals surface area contributed by atoms with Gasteiger partial charge in [-0.2, -0.15) is 0 Å². The highest BCUT2D eigenvalue weighted by atomic mass is 19.1. The Morgan fingerprint density at radius 2 is 2.08 bits per heavy atom. The summed E-state index contributed by atoms with van der Waals surface area (Å²) in [6.07, 6.45) is 3.91. The molecular weight excluding hydrogens is 309 g/mol. The Bertz CT molecular complexity index is 960. The van der Waals surface area contributed by atoms with E-state index in [1.165, 1.54) is 13.2 Å². The lowest BCUT2D eigenvalue weighted by molar-refractivity contribution is 0.0594. The predicted octanol–water partition coefficient (Wildman–Crippen LogP) is 3.51. The maximum atomic E-state index is 14.3. The molecule has 4 rings (SSSR count). The molecule has 0 spiro atoms. The van der Waals surface area contributed by atoms with Gasteiger partial charge in [0.15, 0.2) is 5.69 Å². The Kier molecular flexibility index (Phi) is 3.33. The molecule has 0 atom stereocenters. The van der Waals surface area contributed by atoms with E-state index in [2.05, 4.69) is 9.97 Å². The zero-order valence-corrected chi connectivity index (χ0v) is 13.4. The van der Waals surface area contributed by atoms with Crippen LogP contribution in [0.4, 0.5) is 4.39 Å². The summed E-state index contributed by atoms with van der Waals surface area (Å²) >= 11 is 0. The minimum Gasteiger partial charge on any atom is -0.464 e. The molecule has 0 unspecified atom stereocenters. The van der Waals surface area contributed by atoms with Crippen molar-refractivity contribution in [1.82, 2.24) is 14.4 Å². The van der Waals surface area contributed by atoms with Crippen LogP contribution in [0.15, 0.2) is 30.5 Å². The number of aryl methyl sites for hydroxylation is 1. The van der Waals surface area contributed by atoms with Crippen LogP contribution in [0.25, 0.3) is 17.0 Å². The molecule has 0 saturated heterocycles. The highest BCUT2D eigenvalue weighted by molar-refractivity contribution is 5.87. The molecule has 0 radical (unpaired) electrons. The predicted molar refractivity (Wildman–Crippen MR) is 86.4 cm³/mol. The highest BCUT2D eigenvalue weighted by Crippen LogP contribution is 2.40. The van der Waals surface area contributed by atoms with E-state index in [9.17, 15) is 9.18 Å². The van der Waals surface area contributed by atoms with Crippen LogP contribution in [-0.4, -0.2) is 27.4 Å². The molecule has 2 aromatic heterocycles. The second-order valence-electron chi connectivity index (χ2n) is 6.11. The summed E-state index contributed by atoms with van der Waals surface area (Å²) in [5, 5.41) is 0. The Morgan fingerprint density at radius 1 is 1.29 bits per heavy atom. The summed E-state index contributed by atoms with van der Waals surface area (Å²) in [4.78, 5) is 20.5. The van der Waals surface area contributed by atoms with Gasteiger partial charge in [-0.25, -0.2) is 19.2 Å². The van der Waals surface area contributed by atoms with Gasteiger partial charge in [-0.3, -0.25) is 4.40 Å². The number of rotatable bonds is 3. The number of ether oxygens (including phenoxy) is 1. The SMILES string of the molecule is COC(=O)c1cc(C2CC2)n2cc(-c3ccc(C)cc3F)nc2n1. The van der Waals surface area contributed by atoms with Crippen molar-refractivity contribution in [3.8, 4) is 11.3 Å². The normalized spacial score (nSPS) is 14.1. The first-order valence-electron chi connectivity index (χ1n) is 7.81. The Balaban J connectivity index is 1.90. The summed E-state index contributed by atoms with van der Waals surface area (Å²) in [5.74, 6) is -0.0522. The molecule has 0 N–H and O–H groups in total. The average molecular weight is 325 g/mol. The number of methoxy groups -OCH3 is 1. The Labute approximate surface area is 138 Å². The average Bonchev–Trinajstić information content (AvgIpc) is 3.32. The third-order valence-corrected chi connectivity index (χ3v) is 4.26. The van der Waals surface area contributed by atoms with E-state index in [4.69, 9.17) is 4.74 Å². The van der Waals surface area contributed by atoms with Gasteiger partial charge in [0.1, 0.15) is 5.82 Å². The van der Waals surface area contributed by atoms with Gasteiger partial charge in [-0.05, 0) is 49.4 Å². The zero-order chi connectivity index (χ0) is 16.8. The lowest BCUT2D eigenvalue weighted by Gasteiger charge is -2.05. The van der Waals surface area contributed by atoms with Crippen LogP contribution in [-0.2, 0) is 4.74 Å². The first-order chi connectivity index (χ1) is 11.6. The first-order valence-corrected chi connectivity index (χ1v) is 7.81. The third kappa shape index (κ3) is 2.44. The van der Waals surface area contributed by atoms with Gasteiger partial charge in [0.2, 0.25) is 5.78 Å². The topological polar surface area (TPSA) is 56.5 Å². The second kappa shape index (κ2) is 5.40. The number of hydrogen-bond acceptors (Lipinski definition) is 4. The first kappa shape index (κ1) is 14.8. The fourth-order valence-corrected chi connectivity index (χ4v) is 2.85. The number of hydrogen-bond donors (Lipinski definition) is 0. The standard InChI is InChI=1S/C18H16FN3O2/c1-10-3-6-12(13(19)7-10)15-9-22-16(11-4-5-11)8-14(17(23)24-2)20-18(22)21-15/h3,6-9,11H,4-5H2,1-2H3. The number of fused-ring (bicyclic) bond motifs is 1. The molecule has 3 aromatic rings. The van der Waals surface area contributed by atoms with Crippen LogP contribution < -0.4 is 0 Å². The molecule has 1 saturated carbocycles. The number of nitrogens with zero attached hydrogens (tertiary/aromatic N) is 3. The highest BCUT2D eigenvalue weighted by Gasteiger charge is 2.28. The molecule has 0 amide bonds. The van der Waals surface area contributed by atoms with Gasteiger partial charge in [-0.1, -0.05) is 6.07 Å². The van der Waals surface area contributed by atoms with Gasteiger partial charge in [0.05, 0.1) is 12.8 Å². The van der Waals surface area contributed by atoms with Crippen LogP contribution in [0.3, 0.4) is 0 Å². The summed E-state index contributed by atoms with van der Waals surface area (Å²) in [6, 6.07) is 6.78. The number of benzene rings is 1. The van der Waals surface area contributed by atoms with E-state index in [-0.39, 0.29) is 11.5 Å². The summed E-state index contributed by atoms with van der Waals surface area (Å²) in [6.45, 7) is 1.84. The van der Waals surface area contributed by atoms with Crippen molar-refractivity contribution in [3.63, 3.8) is 0 Å². The minimum atomic E-state index is -0.495.